The van der Waals surface area contributed by atoms with E-state index in [4.69, 9.17) is 15.2 Å². The number of likely N-dealkylation sites (tertiary alicyclic amines) is 1. The molecule has 1 saturated heterocycles. The second-order valence-corrected chi connectivity index (χ2v) is 5.52. The average molecular weight is 335 g/mol. The first-order chi connectivity index (χ1) is 11.5. The van der Waals surface area contributed by atoms with Gasteiger partial charge in [-0.2, -0.15) is 0 Å². The van der Waals surface area contributed by atoms with Crippen LogP contribution < -0.4 is 15.8 Å². The fraction of sp³-hybridized carbons (Fsp3) is 0.438. The molecule has 1 fully saturated rings. The Morgan fingerprint density at radius 2 is 2.04 bits per heavy atom. The molecule has 3 amide bonds. The molecule has 8 nitrogen and oxygen atoms in total. The summed E-state index contributed by atoms with van der Waals surface area (Å²) in [5, 5.41) is 2.73. The number of carbonyl (C=O) groups excluding carboxylic acids is 3. The summed E-state index contributed by atoms with van der Waals surface area (Å²) in [6, 6.07) is 4.18. The van der Waals surface area contributed by atoms with E-state index in [1.54, 1.807) is 12.1 Å². The van der Waals surface area contributed by atoms with Crippen LogP contribution in [0.15, 0.2) is 18.2 Å². The normalized spacial score (nSPS) is 17.1. The molecule has 8 heteroatoms. The van der Waals surface area contributed by atoms with Crippen LogP contribution in [0.1, 0.15) is 23.2 Å². The first kappa shape index (κ1) is 17.6. The highest BCUT2D eigenvalue weighted by molar-refractivity contribution is 6.02. The largest absolute Gasteiger partial charge is 0.497 e. The lowest BCUT2D eigenvalue weighted by atomic mass is 9.97. The van der Waals surface area contributed by atoms with Crippen LogP contribution in [0.3, 0.4) is 0 Å². The first-order valence-electron chi connectivity index (χ1n) is 7.58. The topological polar surface area (TPSA) is 111 Å². The van der Waals surface area contributed by atoms with Gasteiger partial charge in [0.05, 0.1) is 31.4 Å². The Morgan fingerprint density at radius 1 is 1.29 bits per heavy atom. The SMILES string of the molecule is COC(=O)c1cc(OC)ccc1NC(=O)C1CCCN(C(N)=O)C1. The third-order valence-electron chi connectivity index (χ3n) is 3.99. The molecule has 0 saturated carbocycles. The lowest BCUT2D eigenvalue weighted by Crippen LogP contribution is -2.46. The molecule has 1 heterocycles. The molecule has 0 aliphatic carbocycles. The van der Waals surface area contributed by atoms with Crippen LogP contribution in [0.4, 0.5) is 10.5 Å². The van der Waals surface area contributed by atoms with Gasteiger partial charge in [0.1, 0.15) is 5.75 Å². The van der Waals surface area contributed by atoms with Crippen molar-refractivity contribution < 1.29 is 23.9 Å². The van der Waals surface area contributed by atoms with E-state index in [0.717, 1.165) is 0 Å². The van der Waals surface area contributed by atoms with Crippen LogP contribution in [0.5, 0.6) is 5.75 Å². The molecule has 1 unspecified atom stereocenters. The number of primary amides is 1. The number of hydrogen-bond donors (Lipinski definition) is 2. The molecule has 0 radical (unpaired) electrons. The van der Waals surface area contributed by atoms with Gasteiger partial charge in [-0.1, -0.05) is 0 Å². The predicted molar refractivity (Wildman–Crippen MR) is 86.8 cm³/mol. The smallest absolute Gasteiger partial charge is 0.340 e. The summed E-state index contributed by atoms with van der Waals surface area (Å²) in [6.07, 6.45) is 1.35. The van der Waals surface area contributed by atoms with E-state index in [2.05, 4.69) is 5.32 Å². The molecule has 1 aromatic rings. The highest BCUT2D eigenvalue weighted by atomic mass is 16.5. The van der Waals surface area contributed by atoms with Crippen LogP contribution in [0.25, 0.3) is 0 Å². The third kappa shape index (κ3) is 3.95. The maximum absolute atomic E-state index is 12.5. The minimum absolute atomic E-state index is 0.202. The molecule has 1 aliphatic rings. The Hall–Kier alpha value is -2.77. The molecule has 0 aromatic heterocycles. The molecule has 24 heavy (non-hydrogen) atoms. The molecular weight excluding hydrogens is 314 g/mol. The molecule has 1 atom stereocenters. The zero-order valence-electron chi connectivity index (χ0n) is 13.7. The van der Waals surface area contributed by atoms with Crippen LogP contribution in [0.2, 0.25) is 0 Å². The van der Waals surface area contributed by atoms with E-state index >= 15 is 0 Å². The molecule has 3 N–H and O–H groups in total. The lowest BCUT2D eigenvalue weighted by molar-refractivity contribution is -0.121. The first-order valence-corrected chi connectivity index (χ1v) is 7.58. The summed E-state index contributed by atoms with van der Waals surface area (Å²) in [5.74, 6) is -0.743. The van der Waals surface area contributed by atoms with Gasteiger partial charge in [0.2, 0.25) is 5.91 Å². The molecule has 1 aliphatic heterocycles. The van der Waals surface area contributed by atoms with Gasteiger partial charge in [-0.25, -0.2) is 9.59 Å². The van der Waals surface area contributed by atoms with Crippen molar-refractivity contribution in [2.24, 2.45) is 11.7 Å². The summed E-state index contributed by atoms with van der Waals surface area (Å²) in [7, 11) is 2.74. The second-order valence-electron chi connectivity index (χ2n) is 5.52. The highest BCUT2D eigenvalue weighted by Gasteiger charge is 2.28. The highest BCUT2D eigenvalue weighted by Crippen LogP contribution is 2.25. The minimum atomic E-state index is -0.577. The average Bonchev–Trinajstić information content (AvgIpc) is 2.61. The quantitative estimate of drug-likeness (QED) is 0.804. The molecule has 0 spiro atoms. The van der Waals surface area contributed by atoms with Crippen molar-refractivity contribution in [1.29, 1.82) is 0 Å². The van der Waals surface area contributed by atoms with Crippen molar-refractivity contribution >= 4 is 23.6 Å². The van der Waals surface area contributed by atoms with E-state index in [-0.39, 0.29) is 23.9 Å². The zero-order chi connectivity index (χ0) is 17.7. The summed E-state index contributed by atoms with van der Waals surface area (Å²) < 4.78 is 9.82. The number of anilines is 1. The number of rotatable bonds is 4. The predicted octanol–water partition coefficient (Wildman–Crippen LogP) is 1.21. The molecule has 130 valence electrons. The number of hydrogen-bond acceptors (Lipinski definition) is 5. The lowest BCUT2D eigenvalue weighted by Gasteiger charge is -2.30. The maximum Gasteiger partial charge on any atom is 0.340 e. The monoisotopic (exact) mass is 335 g/mol. The number of nitrogens with two attached hydrogens (primary N) is 1. The van der Waals surface area contributed by atoms with Crippen molar-refractivity contribution in [2.45, 2.75) is 12.8 Å². The molecule has 0 bridgehead atoms. The van der Waals surface area contributed by atoms with E-state index in [9.17, 15) is 14.4 Å². The van der Waals surface area contributed by atoms with Gasteiger partial charge in [-0.05, 0) is 31.0 Å². The van der Waals surface area contributed by atoms with Gasteiger partial charge in [-0.15, -0.1) is 0 Å². The summed E-state index contributed by atoms with van der Waals surface area (Å²) in [5.41, 5.74) is 5.81. The van der Waals surface area contributed by atoms with E-state index in [1.165, 1.54) is 25.2 Å². The van der Waals surface area contributed by atoms with Crippen molar-refractivity contribution in [3.63, 3.8) is 0 Å². The van der Waals surface area contributed by atoms with E-state index in [1.807, 2.05) is 0 Å². The van der Waals surface area contributed by atoms with Crippen molar-refractivity contribution in [1.82, 2.24) is 4.90 Å². The van der Waals surface area contributed by atoms with Crippen molar-refractivity contribution in [3.05, 3.63) is 23.8 Å². The van der Waals surface area contributed by atoms with Crippen LogP contribution in [-0.2, 0) is 9.53 Å². The van der Waals surface area contributed by atoms with Gasteiger partial charge in [-0.3, -0.25) is 4.79 Å². The molecule has 2 rings (SSSR count). The Labute approximate surface area is 139 Å². The van der Waals surface area contributed by atoms with Crippen LogP contribution in [0, 0.1) is 5.92 Å². The summed E-state index contributed by atoms with van der Waals surface area (Å²) in [4.78, 5) is 37.1. The Bertz CT molecular complexity index is 647. The van der Waals surface area contributed by atoms with E-state index < -0.39 is 12.0 Å². The standard InChI is InChI=1S/C16H21N3O5/c1-23-11-5-6-13(12(8-11)15(21)24-2)18-14(20)10-4-3-7-19(9-10)16(17)22/h5-6,8,10H,3-4,7,9H2,1-2H3,(H2,17,22)(H,18,20). The Balaban J connectivity index is 2.16. The van der Waals surface area contributed by atoms with E-state index in [0.29, 0.717) is 30.8 Å². The number of carbonyl (C=O) groups is 3. The number of amides is 3. The van der Waals surface area contributed by atoms with Gasteiger partial charge in [0.15, 0.2) is 0 Å². The number of nitrogens with one attached hydrogen (secondary N) is 1. The summed E-state index contributed by atoms with van der Waals surface area (Å²) >= 11 is 0. The van der Waals surface area contributed by atoms with Crippen LogP contribution in [-0.4, -0.2) is 50.1 Å². The maximum atomic E-state index is 12.5. The number of urea groups is 1. The van der Waals surface area contributed by atoms with Crippen molar-refractivity contribution in [3.8, 4) is 5.75 Å². The Kier molecular flexibility index (Phi) is 5.62. The number of nitrogens with zero attached hydrogens (tertiary/aromatic N) is 1. The number of methoxy groups -OCH3 is 2. The second kappa shape index (κ2) is 7.67. The Morgan fingerprint density at radius 3 is 2.67 bits per heavy atom. The molecular formula is C16H21N3O5. The number of piperidine rings is 1. The minimum Gasteiger partial charge on any atom is -0.497 e. The fourth-order valence-electron chi connectivity index (χ4n) is 2.66. The fourth-order valence-corrected chi connectivity index (χ4v) is 2.66. The zero-order valence-corrected chi connectivity index (χ0v) is 13.7. The summed E-state index contributed by atoms with van der Waals surface area (Å²) in [6.45, 7) is 0.819. The van der Waals surface area contributed by atoms with Gasteiger partial charge in [0, 0.05) is 13.1 Å². The van der Waals surface area contributed by atoms with Gasteiger partial charge in [0.25, 0.3) is 0 Å². The number of benzene rings is 1. The van der Waals surface area contributed by atoms with Crippen molar-refractivity contribution in [2.75, 3.05) is 32.6 Å². The third-order valence-corrected chi connectivity index (χ3v) is 3.99. The molecule has 1 aromatic carbocycles. The van der Waals surface area contributed by atoms with Gasteiger partial charge >= 0.3 is 12.0 Å². The number of ether oxygens (including phenoxy) is 2. The number of esters is 1. The van der Waals surface area contributed by atoms with Crippen LogP contribution >= 0.6 is 0 Å². The van der Waals surface area contributed by atoms with Gasteiger partial charge < -0.3 is 25.4 Å².